The van der Waals surface area contributed by atoms with E-state index in [4.69, 9.17) is 0 Å². The lowest BCUT2D eigenvalue weighted by Gasteiger charge is -2.10. The number of aromatic nitrogens is 1. The van der Waals surface area contributed by atoms with Gasteiger partial charge in [-0.3, -0.25) is 4.72 Å². The number of anilines is 1. The molecule has 0 saturated heterocycles. The second-order valence-electron chi connectivity index (χ2n) is 5.75. The number of hydrogen-bond acceptors (Lipinski definition) is 5. The van der Waals surface area contributed by atoms with E-state index in [2.05, 4.69) is 9.71 Å². The van der Waals surface area contributed by atoms with Crippen molar-refractivity contribution in [2.24, 2.45) is 0 Å². The molecule has 3 aromatic rings. The third kappa shape index (κ3) is 3.38. The number of thiophene rings is 1. The van der Waals surface area contributed by atoms with Crippen LogP contribution in [0.2, 0.25) is 0 Å². The number of thiazole rings is 1. The van der Waals surface area contributed by atoms with E-state index < -0.39 is 10.0 Å². The van der Waals surface area contributed by atoms with Gasteiger partial charge in [-0.25, -0.2) is 13.4 Å². The summed E-state index contributed by atoms with van der Waals surface area (Å²) in [6, 6.07) is 7.37. The molecule has 3 rings (SSSR count). The van der Waals surface area contributed by atoms with Crippen molar-refractivity contribution in [3.05, 3.63) is 51.3 Å². The van der Waals surface area contributed by atoms with Crippen molar-refractivity contribution in [3.8, 4) is 9.88 Å². The summed E-state index contributed by atoms with van der Waals surface area (Å²) in [4.78, 5) is 6.39. The molecule has 0 unspecified atom stereocenters. The van der Waals surface area contributed by atoms with Gasteiger partial charge in [0.1, 0.15) is 9.90 Å². The fourth-order valence-electron chi connectivity index (χ4n) is 2.43. The summed E-state index contributed by atoms with van der Waals surface area (Å²) in [5, 5.41) is 2.82. The molecule has 7 heteroatoms. The van der Waals surface area contributed by atoms with Crippen LogP contribution in [0.15, 0.2) is 34.5 Å². The van der Waals surface area contributed by atoms with Crippen molar-refractivity contribution >= 4 is 38.4 Å². The molecule has 0 aliphatic heterocycles. The Bertz CT molecular complexity index is 1000. The van der Waals surface area contributed by atoms with Crippen LogP contribution in [0, 0.1) is 27.7 Å². The summed E-state index contributed by atoms with van der Waals surface area (Å²) >= 11 is 2.98. The summed E-state index contributed by atoms with van der Waals surface area (Å²) in [7, 11) is -3.62. The highest BCUT2D eigenvalue weighted by Crippen LogP contribution is 2.36. The first-order valence-electron chi connectivity index (χ1n) is 7.39. The average molecular weight is 379 g/mol. The van der Waals surface area contributed by atoms with Gasteiger partial charge in [-0.15, -0.1) is 22.7 Å². The maximum atomic E-state index is 12.8. The minimum Gasteiger partial charge on any atom is -0.279 e. The summed E-state index contributed by atoms with van der Waals surface area (Å²) in [5.74, 6) is 0. The average Bonchev–Trinajstić information content (AvgIpc) is 3.08. The molecule has 1 aromatic carbocycles. The number of aryl methyl sites for hydroxylation is 4. The zero-order valence-corrected chi connectivity index (χ0v) is 16.3. The van der Waals surface area contributed by atoms with E-state index in [1.165, 1.54) is 22.7 Å². The van der Waals surface area contributed by atoms with E-state index in [1.807, 2.05) is 45.2 Å². The first-order valence-corrected chi connectivity index (χ1v) is 10.6. The molecule has 4 nitrogen and oxygen atoms in total. The van der Waals surface area contributed by atoms with Crippen LogP contribution in [0.1, 0.15) is 21.7 Å². The Morgan fingerprint density at radius 3 is 2.46 bits per heavy atom. The van der Waals surface area contributed by atoms with Gasteiger partial charge in [-0.1, -0.05) is 17.7 Å². The lowest BCUT2D eigenvalue weighted by atomic mass is 10.1. The van der Waals surface area contributed by atoms with Gasteiger partial charge in [0.15, 0.2) is 0 Å². The Kier molecular flexibility index (Phi) is 4.50. The molecule has 0 aliphatic rings. The Balaban J connectivity index is 1.96. The van der Waals surface area contributed by atoms with Gasteiger partial charge in [0.2, 0.25) is 0 Å². The Labute approximate surface area is 150 Å². The topological polar surface area (TPSA) is 59.1 Å². The maximum absolute atomic E-state index is 12.8. The molecule has 1 N–H and O–H groups in total. The summed E-state index contributed by atoms with van der Waals surface area (Å²) < 4.78 is 28.3. The molecular formula is C17H18N2O2S3. The van der Waals surface area contributed by atoms with Crippen molar-refractivity contribution in [1.29, 1.82) is 0 Å². The molecule has 0 fully saturated rings. The first kappa shape index (κ1) is 17.1. The van der Waals surface area contributed by atoms with E-state index in [0.29, 0.717) is 10.6 Å². The highest BCUT2D eigenvalue weighted by Gasteiger charge is 2.22. The Hall–Kier alpha value is -1.70. The largest absolute Gasteiger partial charge is 0.279 e. The highest BCUT2D eigenvalue weighted by molar-refractivity contribution is 7.93. The van der Waals surface area contributed by atoms with Crippen LogP contribution < -0.4 is 4.72 Å². The minimum absolute atomic E-state index is 0.315. The van der Waals surface area contributed by atoms with E-state index >= 15 is 0 Å². The Morgan fingerprint density at radius 1 is 1.08 bits per heavy atom. The molecule has 0 amide bonds. The van der Waals surface area contributed by atoms with Crippen molar-refractivity contribution in [1.82, 2.24) is 4.98 Å². The van der Waals surface area contributed by atoms with Crippen LogP contribution in [-0.4, -0.2) is 13.4 Å². The molecule has 24 heavy (non-hydrogen) atoms. The lowest BCUT2D eigenvalue weighted by Crippen LogP contribution is -2.14. The minimum atomic E-state index is -3.62. The van der Waals surface area contributed by atoms with Crippen LogP contribution >= 0.6 is 22.7 Å². The third-order valence-corrected chi connectivity index (χ3v) is 7.42. The fraction of sp³-hybridized carbons (Fsp3) is 0.235. The fourth-order valence-corrected chi connectivity index (χ4v) is 6.02. The molecule has 0 aliphatic carbocycles. The summed E-state index contributed by atoms with van der Waals surface area (Å²) in [5.41, 5.74) is 3.56. The number of hydrogen-bond donors (Lipinski definition) is 1. The smallest absolute Gasteiger partial charge is 0.263 e. The van der Waals surface area contributed by atoms with Gasteiger partial charge >= 0.3 is 0 Å². The zero-order valence-electron chi connectivity index (χ0n) is 13.9. The van der Waals surface area contributed by atoms with Crippen LogP contribution in [-0.2, 0) is 10.0 Å². The molecule has 0 spiro atoms. The third-order valence-electron chi connectivity index (χ3n) is 3.62. The van der Waals surface area contributed by atoms with Gasteiger partial charge in [0.05, 0.1) is 10.6 Å². The summed E-state index contributed by atoms with van der Waals surface area (Å²) in [6.45, 7) is 7.64. The van der Waals surface area contributed by atoms with E-state index in [0.717, 1.165) is 31.6 Å². The maximum Gasteiger partial charge on any atom is 0.263 e. The van der Waals surface area contributed by atoms with Gasteiger partial charge in [-0.05, 0) is 45.4 Å². The van der Waals surface area contributed by atoms with E-state index in [-0.39, 0.29) is 0 Å². The van der Waals surface area contributed by atoms with E-state index in [9.17, 15) is 8.42 Å². The second-order valence-corrected chi connectivity index (χ2v) is 9.51. The molecule has 126 valence electrons. The van der Waals surface area contributed by atoms with Crippen molar-refractivity contribution in [2.45, 2.75) is 32.6 Å². The van der Waals surface area contributed by atoms with Gasteiger partial charge in [0.25, 0.3) is 10.0 Å². The normalized spacial score (nSPS) is 11.7. The van der Waals surface area contributed by atoms with Crippen LogP contribution in [0.25, 0.3) is 9.88 Å². The number of sulfonamides is 1. The predicted octanol–water partition coefficient (Wildman–Crippen LogP) is 4.91. The molecule has 0 saturated carbocycles. The molecule has 0 atom stereocenters. The molecule has 2 aromatic heterocycles. The first-order chi connectivity index (χ1) is 11.3. The summed E-state index contributed by atoms with van der Waals surface area (Å²) in [6.07, 6.45) is 0. The molecule has 0 radical (unpaired) electrons. The number of benzene rings is 1. The van der Waals surface area contributed by atoms with Crippen molar-refractivity contribution < 1.29 is 8.42 Å². The highest BCUT2D eigenvalue weighted by atomic mass is 32.2. The van der Waals surface area contributed by atoms with E-state index in [1.54, 1.807) is 12.1 Å². The SMILES string of the molecule is Cc1ccc(NS(=O)(=O)c2cc(-c3nc(C)cs3)sc2C)c(C)c1. The molecular weight excluding hydrogens is 360 g/mol. The second kappa shape index (κ2) is 6.31. The van der Waals surface area contributed by atoms with Gasteiger partial charge in [0, 0.05) is 16.0 Å². The van der Waals surface area contributed by atoms with Gasteiger partial charge < -0.3 is 0 Å². The predicted molar refractivity (Wildman–Crippen MR) is 102 cm³/mol. The number of nitrogens with zero attached hydrogens (tertiary/aromatic N) is 1. The standard InChI is InChI=1S/C17H18N2O2S3/c1-10-5-6-14(11(2)7-10)19-24(20,21)16-8-15(23-13(16)4)17-18-12(3)9-22-17/h5-9,19H,1-4H3. The number of rotatable bonds is 4. The van der Waals surface area contributed by atoms with Crippen LogP contribution in [0.5, 0.6) is 0 Å². The zero-order chi connectivity index (χ0) is 17.5. The lowest BCUT2D eigenvalue weighted by molar-refractivity contribution is 0.601. The van der Waals surface area contributed by atoms with Crippen LogP contribution in [0.4, 0.5) is 5.69 Å². The Morgan fingerprint density at radius 2 is 1.83 bits per heavy atom. The molecule has 2 heterocycles. The monoisotopic (exact) mass is 378 g/mol. The van der Waals surface area contributed by atoms with Crippen LogP contribution in [0.3, 0.4) is 0 Å². The number of nitrogens with one attached hydrogen (secondary N) is 1. The van der Waals surface area contributed by atoms with Crippen molar-refractivity contribution in [3.63, 3.8) is 0 Å². The molecule has 0 bridgehead atoms. The van der Waals surface area contributed by atoms with Crippen molar-refractivity contribution in [2.75, 3.05) is 4.72 Å². The van der Waals surface area contributed by atoms with Gasteiger partial charge in [-0.2, -0.15) is 0 Å². The quantitative estimate of drug-likeness (QED) is 0.702.